The molecule has 30 heavy (non-hydrogen) atoms. The van der Waals surface area contributed by atoms with Crippen molar-refractivity contribution in [2.45, 2.75) is 57.2 Å². The lowest BCUT2D eigenvalue weighted by Gasteiger charge is -2.57. The molecule has 1 N–H and O–H groups in total. The average molecular weight is 404 g/mol. The summed E-state index contributed by atoms with van der Waals surface area (Å²) in [5.74, 6) is 6.87. The Kier molecular flexibility index (Phi) is 7.17. The standard InChI is InChI=1S/C26H33N3O/c1-2-3-4-7-21-8-10-23(11-9-21)26-24-19-28(18-22-12-14-27-15-13-22)16-5-6-17-29(24)25(26)20-30/h8-15,24-26,30H,2-3,5-6,16-20H2,1H3/t24-,25-,26+/m0/s1. The number of aliphatic hydroxyl groups excluding tert-OH is 1. The first-order chi connectivity index (χ1) is 14.8. The molecule has 2 aromatic rings. The van der Waals surface area contributed by atoms with Crippen LogP contribution in [-0.4, -0.2) is 58.2 Å². The van der Waals surface area contributed by atoms with Crippen LogP contribution in [0.3, 0.4) is 0 Å². The van der Waals surface area contributed by atoms with Crippen molar-refractivity contribution >= 4 is 0 Å². The van der Waals surface area contributed by atoms with E-state index in [-0.39, 0.29) is 12.6 Å². The van der Waals surface area contributed by atoms with Gasteiger partial charge in [0.25, 0.3) is 0 Å². The van der Waals surface area contributed by atoms with Crippen LogP contribution in [0.4, 0.5) is 0 Å². The monoisotopic (exact) mass is 403 g/mol. The zero-order chi connectivity index (χ0) is 20.8. The van der Waals surface area contributed by atoms with Crippen molar-refractivity contribution in [3.8, 4) is 11.8 Å². The molecule has 4 nitrogen and oxygen atoms in total. The number of benzene rings is 1. The van der Waals surface area contributed by atoms with Gasteiger partial charge in [-0.3, -0.25) is 14.8 Å². The number of nitrogens with zero attached hydrogens (tertiary/aromatic N) is 3. The molecule has 1 aromatic heterocycles. The first-order valence-corrected chi connectivity index (χ1v) is 11.4. The van der Waals surface area contributed by atoms with Crippen molar-refractivity contribution < 1.29 is 5.11 Å². The van der Waals surface area contributed by atoms with Gasteiger partial charge < -0.3 is 5.11 Å². The van der Waals surface area contributed by atoms with Gasteiger partial charge in [0.05, 0.1) is 6.61 Å². The molecule has 4 heteroatoms. The molecule has 158 valence electrons. The van der Waals surface area contributed by atoms with Crippen LogP contribution in [0.5, 0.6) is 0 Å². The predicted molar refractivity (Wildman–Crippen MR) is 121 cm³/mol. The normalized spacial score (nSPS) is 24.7. The molecule has 1 aromatic carbocycles. The van der Waals surface area contributed by atoms with Gasteiger partial charge in [-0.05, 0) is 67.7 Å². The summed E-state index contributed by atoms with van der Waals surface area (Å²) in [6.07, 6.45) is 8.20. The van der Waals surface area contributed by atoms with Crippen LogP contribution in [0, 0.1) is 11.8 Å². The molecule has 0 aliphatic carbocycles. The maximum atomic E-state index is 10.1. The summed E-state index contributed by atoms with van der Waals surface area (Å²) >= 11 is 0. The smallest absolute Gasteiger partial charge is 0.0593 e. The third-order valence-electron chi connectivity index (χ3n) is 6.51. The molecule has 2 saturated heterocycles. The van der Waals surface area contributed by atoms with Crippen LogP contribution in [0.15, 0.2) is 48.8 Å². The second kappa shape index (κ2) is 10.2. The number of aromatic nitrogens is 1. The largest absolute Gasteiger partial charge is 0.395 e. The van der Waals surface area contributed by atoms with Gasteiger partial charge in [0.2, 0.25) is 0 Å². The number of hydrogen-bond donors (Lipinski definition) is 1. The molecule has 2 aliphatic rings. The number of fused-ring (bicyclic) bond motifs is 1. The van der Waals surface area contributed by atoms with E-state index < -0.39 is 0 Å². The minimum absolute atomic E-state index is 0.226. The fourth-order valence-electron chi connectivity index (χ4n) is 4.98. The number of pyridine rings is 1. The van der Waals surface area contributed by atoms with Crippen LogP contribution < -0.4 is 0 Å². The van der Waals surface area contributed by atoms with Crippen molar-refractivity contribution in [3.63, 3.8) is 0 Å². The first kappa shape index (κ1) is 21.1. The van der Waals surface area contributed by atoms with Crippen molar-refractivity contribution in [2.75, 3.05) is 26.2 Å². The summed E-state index contributed by atoms with van der Waals surface area (Å²) in [4.78, 5) is 9.27. The Morgan fingerprint density at radius 2 is 1.83 bits per heavy atom. The zero-order valence-corrected chi connectivity index (χ0v) is 18.0. The Balaban J connectivity index is 1.50. The fraction of sp³-hybridized carbons (Fsp3) is 0.500. The maximum Gasteiger partial charge on any atom is 0.0593 e. The number of unbranched alkanes of at least 4 members (excludes halogenated alkanes) is 1. The van der Waals surface area contributed by atoms with Gasteiger partial charge in [-0.1, -0.05) is 30.9 Å². The quantitative estimate of drug-likeness (QED) is 0.774. The molecule has 2 fully saturated rings. The highest BCUT2D eigenvalue weighted by Crippen LogP contribution is 2.42. The molecular formula is C26H33N3O. The predicted octanol–water partition coefficient (Wildman–Crippen LogP) is 3.66. The summed E-state index contributed by atoms with van der Waals surface area (Å²) in [5.41, 5.74) is 3.74. The highest BCUT2D eigenvalue weighted by Gasteiger charge is 2.48. The van der Waals surface area contributed by atoms with Crippen molar-refractivity contribution in [1.29, 1.82) is 0 Å². The molecule has 0 bridgehead atoms. The second-order valence-electron chi connectivity index (χ2n) is 8.55. The molecule has 4 rings (SSSR count). The molecule has 3 heterocycles. The summed E-state index contributed by atoms with van der Waals surface area (Å²) in [6.45, 7) is 6.62. The fourth-order valence-corrected chi connectivity index (χ4v) is 4.98. The Labute approximate surface area is 180 Å². The van der Waals surface area contributed by atoms with Gasteiger partial charge in [-0.15, -0.1) is 0 Å². The van der Waals surface area contributed by atoms with Gasteiger partial charge in [0, 0.05) is 55.5 Å². The number of aliphatic hydroxyl groups is 1. The minimum atomic E-state index is 0.226. The topological polar surface area (TPSA) is 39.6 Å². The molecule has 0 saturated carbocycles. The molecule has 0 amide bonds. The van der Waals surface area contributed by atoms with Crippen LogP contribution in [-0.2, 0) is 6.54 Å². The van der Waals surface area contributed by atoms with E-state index in [2.05, 4.69) is 69.9 Å². The molecule has 3 atom stereocenters. The van der Waals surface area contributed by atoms with Gasteiger partial charge in [0.1, 0.15) is 0 Å². The summed E-state index contributed by atoms with van der Waals surface area (Å²) in [5, 5.41) is 10.1. The Morgan fingerprint density at radius 1 is 1.07 bits per heavy atom. The van der Waals surface area contributed by atoms with E-state index in [9.17, 15) is 5.11 Å². The van der Waals surface area contributed by atoms with Gasteiger partial charge in [-0.2, -0.15) is 0 Å². The summed E-state index contributed by atoms with van der Waals surface area (Å²) < 4.78 is 0. The third kappa shape index (κ3) is 4.75. The van der Waals surface area contributed by atoms with Crippen molar-refractivity contribution in [2.24, 2.45) is 0 Å². The number of rotatable bonds is 5. The Hall–Kier alpha value is -2.19. The Morgan fingerprint density at radius 3 is 2.57 bits per heavy atom. The summed E-state index contributed by atoms with van der Waals surface area (Å²) in [6, 6.07) is 13.7. The lowest BCUT2D eigenvalue weighted by Crippen LogP contribution is -2.67. The molecule has 0 unspecified atom stereocenters. The van der Waals surface area contributed by atoms with Crippen LogP contribution in [0.1, 0.15) is 55.2 Å². The molecule has 0 spiro atoms. The maximum absolute atomic E-state index is 10.1. The van der Waals surface area contributed by atoms with E-state index >= 15 is 0 Å². The SMILES string of the molecule is CCCC#Cc1ccc([C@H]2[C@H](CO)N3CCCCN(Cc4ccncc4)C[C@@H]23)cc1. The highest BCUT2D eigenvalue weighted by molar-refractivity contribution is 5.39. The lowest BCUT2D eigenvalue weighted by molar-refractivity contribution is -0.0655. The van der Waals surface area contributed by atoms with Gasteiger partial charge >= 0.3 is 0 Å². The molecular weight excluding hydrogens is 370 g/mol. The van der Waals surface area contributed by atoms with Crippen LogP contribution in [0.2, 0.25) is 0 Å². The van der Waals surface area contributed by atoms with E-state index in [0.717, 1.165) is 44.6 Å². The van der Waals surface area contributed by atoms with E-state index in [1.807, 2.05) is 12.4 Å². The lowest BCUT2D eigenvalue weighted by atomic mass is 9.74. The van der Waals surface area contributed by atoms with E-state index in [4.69, 9.17) is 0 Å². The van der Waals surface area contributed by atoms with Crippen LogP contribution in [0.25, 0.3) is 0 Å². The van der Waals surface area contributed by atoms with Gasteiger partial charge in [-0.25, -0.2) is 0 Å². The Bertz CT molecular complexity index is 855. The average Bonchev–Trinajstić information content (AvgIpc) is 2.76. The summed E-state index contributed by atoms with van der Waals surface area (Å²) in [7, 11) is 0. The first-order valence-electron chi connectivity index (χ1n) is 11.4. The van der Waals surface area contributed by atoms with Crippen LogP contribution >= 0.6 is 0 Å². The van der Waals surface area contributed by atoms with Crippen molar-refractivity contribution in [3.05, 3.63) is 65.5 Å². The second-order valence-corrected chi connectivity index (χ2v) is 8.55. The van der Waals surface area contributed by atoms with Crippen molar-refractivity contribution in [1.82, 2.24) is 14.8 Å². The van der Waals surface area contributed by atoms with E-state index in [1.54, 1.807) is 0 Å². The number of hydrogen-bond acceptors (Lipinski definition) is 4. The zero-order valence-electron chi connectivity index (χ0n) is 18.0. The van der Waals surface area contributed by atoms with E-state index in [0.29, 0.717) is 12.0 Å². The third-order valence-corrected chi connectivity index (χ3v) is 6.51. The minimum Gasteiger partial charge on any atom is -0.395 e. The highest BCUT2D eigenvalue weighted by atomic mass is 16.3. The van der Waals surface area contributed by atoms with E-state index in [1.165, 1.54) is 24.0 Å². The van der Waals surface area contributed by atoms with Gasteiger partial charge in [0.15, 0.2) is 0 Å². The molecule has 2 aliphatic heterocycles. The molecule has 0 radical (unpaired) electrons.